The maximum Gasteiger partial charge on any atom is 0.416 e. The molecule has 0 aliphatic carbocycles. The third kappa shape index (κ3) is 5.86. The van der Waals surface area contributed by atoms with Crippen LogP contribution in [0.2, 0.25) is 0 Å². The van der Waals surface area contributed by atoms with Crippen molar-refractivity contribution in [1.29, 1.82) is 0 Å². The summed E-state index contributed by atoms with van der Waals surface area (Å²) in [5.41, 5.74) is -0.320. The fourth-order valence-electron chi connectivity index (χ4n) is 2.73. The number of rotatable bonds is 7. The molecule has 1 amide bonds. The Morgan fingerprint density at radius 3 is 2.31 bits per heavy atom. The summed E-state index contributed by atoms with van der Waals surface area (Å²) in [6.45, 7) is 1.22. The average molecular weight is 430 g/mol. The van der Waals surface area contributed by atoms with Crippen LogP contribution in [-0.2, 0) is 27.5 Å². The third-order valence-electron chi connectivity index (χ3n) is 4.14. The van der Waals surface area contributed by atoms with Crippen LogP contribution in [0.5, 0.6) is 5.75 Å². The van der Waals surface area contributed by atoms with Crippen LogP contribution in [-0.4, -0.2) is 33.7 Å². The van der Waals surface area contributed by atoms with Gasteiger partial charge >= 0.3 is 6.18 Å². The maximum absolute atomic E-state index is 12.8. The summed E-state index contributed by atoms with van der Waals surface area (Å²) >= 11 is 0. The molecule has 1 atom stereocenters. The lowest BCUT2D eigenvalue weighted by Crippen LogP contribution is -2.47. The molecular weight excluding hydrogens is 409 g/mol. The number of benzene rings is 2. The van der Waals surface area contributed by atoms with E-state index in [-0.39, 0.29) is 17.8 Å². The number of halogens is 3. The fraction of sp³-hybridized carbons (Fsp3) is 0.316. The van der Waals surface area contributed by atoms with E-state index in [1.54, 1.807) is 12.1 Å². The number of hydrogen-bond donors (Lipinski definition) is 1. The summed E-state index contributed by atoms with van der Waals surface area (Å²) in [5.74, 6) is -0.132. The van der Waals surface area contributed by atoms with Gasteiger partial charge in [-0.3, -0.25) is 9.10 Å². The van der Waals surface area contributed by atoms with Crippen molar-refractivity contribution in [2.24, 2.45) is 0 Å². The van der Waals surface area contributed by atoms with Gasteiger partial charge < -0.3 is 10.1 Å². The van der Waals surface area contributed by atoms with Gasteiger partial charge in [-0.15, -0.1) is 0 Å². The van der Waals surface area contributed by atoms with Gasteiger partial charge in [-0.25, -0.2) is 8.42 Å². The van der Waals surface area contributed by atoms with Crippen LogP contribution in [0.25, 0.3) is 0 Å². The number of nitrogens with one attached hydrogen (secondary N) is 1. The Kier molecular flexibility index (Phi) is 6.78. The summed E-state index contributed by atoms with van der Waals surface area (Å²) in [4.78, 5) is 12.5. The summed E-state index contributed by atoms with van der Waals surface area (Å²) < 4.78 is 68.9. The number of anilines is 1. The second kappa shape index (κ2) is 8.73. The van der Waals surface area contributed by atoms with Gasteiger partial charge in [0.25, 0.3) is 0 Å². The number of hydrogen-bond acceptors (Lipinski definition) is 4. The van der Waals surface area contributed by atoms with E-state index in [1.165, 1.54) is 38.3 Å². The molecule has 0 saturated carbocycles. The van der Waals surface area contributed by atoms with Crippen LogP contribution in [0.15, 0.2) is 48.5 Å². The number of ether oxygens (including phenoxy) is 1. The molecule has 0 aromatic heterocycles. The molecular formula is C19H21F3N2O4S. The Morgan fingerprint density at radius 2 is 1.79 bits per heavy atom. The van der Waals surface area contributed by atoms with E-state index in [4.69, 9.17) is 4.74 Å². The molecule has 0 spiro atoms. The summed E-state index contributed by atoms with van der Waals surface area (Å²) in [5, 5.41) is 2.49. The van der Waals surface area contributed by atoms with Crippen molar-refractivity contribution in [2.45, 2.75) is 25.7 Å². The molecule has 2 aromatic rings. The van der Waals surface area contributed by atoms with Crippen LogP contribution in [0.1, 0.15) is 18.1 Å². The average Bonchev–Trinajstić information content (AvgIpc) is 2.65. The Bertz CT molecular complexity index is 960. The zero-order valence-electron chi connectivity index (χ0n) is 16.0. The van der Waals surface area contributed by atoms with Crippen molar-refractivity contribution in [2.75, 3.05) is 17.7 Å². The monoisotopic (exact) mass is 430 g/mol. The lowest BCUT2D eigenvalue weighted by Gasteiger charge is -2.28. The topological polar surface area (TPSA) is 75.7 Å². The predicted molar refractivity (Wildman–Crippen MR) is 103 cm³/mol. The lowest BCUT2D eigenvalue weighted by atomic mass is 10.1. The van der Waals surface area contributed by atoms with E-state index >= 15 is 0 Å². The highest BCUT2D eigenvalue weighted by atomic mass is 32.2. The molecule has 1 N–H and O–H groups in total. The minimum atomic E-state index is -4.49. The quantitative estimate of drug-likeness (QED) is 0.732. The number of nitrogens with zero attached hydrogens (tertiary/aromatic N) is 1. The van der Waals surface area contributed by atoms with Gasteiger partial charge in [0, 0.05) is 6.54 Å². The van der Waals surface area contributed by atoms with Gasteiger partial charge in [0.05, 0.1) is 24.6 Å². The lowest BCUT2D eigenvalue weighted by molar-refractivity contribution is -0.137. The molecule has 0 aliphatic rings. The van der Waals surface area contributed by atoms with E-state index in [0.29, 0.717) is 5.75 Å². The molecule has 6 nitrogen and oxygen atoms in total. The second-order valence-electron chi connectivity index (χ2n) is 6.35. The first-order valence-corrected chi connectivity index (χ1v) is 10.4. The number of alkyl halides is 3. The maximum atomic E-state index is 12.8. The molecule has 158 valence electrons. The molecule has 10 heteroatoms. The van der Waals surface area contributed by atoms with Crippen molar-refractivity contribution in [1.82, 2.24) is 5.32 Å². The van der Waals surface area contributed by atoms with Gasteiger partial charge in [-0.1, -0.05) is 12.1 Å². The molecule has 0 aliphatic heterocycles. The van der Waals surface area contributed by atoms with Gasteiger partial charge in [-0.2, -0.15) is 13.2 Å². The molecule has 1 unspecified atom stereocenters. The van der Waals surface area contributed by atoms with Crippen LogP contribution in [0.3, 0.4) is 0 Å². The van der Waals surface area contributed by atoms with Gasteiger partial charge in [0.15, 0.2) is 0 Å². The Hall–Kier alpha value is -2.75. The first-order valence-electron chi connectivity index (χ1n) is 8.51. The standard InChI is InChI=1S/C19H21F3N2O4S/c1-13(24(29(3,26)27)16-7-9-17(28-2)10-8-16)18(25)23-12-14-5-4-6-15(11-14)19(20,21)22/h4-11,13H,12H2,1-3H3,(H,23,25). The normalized spacial score (nSPS) is 12.9. The van der Waals surface area contributed by atoms with Crippen LogP contribution in [0.4, 0.5) is 18.9 Å². The second-order valence-corrected chi connectivity index (χ2v) is 8.21. The summed E-state index contributed by atoms with van der Waals surface area (Å²) in [7, 11) is -2.34. The first kappa shape index (κ1) is 22.5. The number of carbonyl (C=O) groups excluding carboxylic acids is 1. The summed E-state index contributed by atoms with van der Waals surface area (Å²) in [6.07, 6.45) is -3.53. The van der Waals surface area contributed by atoms with E-state index in [0.717, 1.165) is 22.7 Å². The smallest absolute Gasteiger partial charge is 0.416 e. The van der Waals surface area contributed by atoms with E-state index < -0.39 is 33.7 Å². The number of sulfonamides is 1. The van der Waals surface area contributed by atoms with E-state index in [2.05, 4.69) is 5.32 Å². The van der Waals surface area contributed by atoms with Gasteiger partial charge in [0.1, 0.15) is 11.8 Å². The minimum absolute atomic E-state index is 0.173. The van der Waals surface area contributed by atoms with E-state index in [1.807, 2.05) is 0 Å². The van der Waals surface area contributed by atoms with Crippen molar-refractivity contribution < 1.29 is 31.1 Å². The van der Waals surface area contributed by atoms with Crippen LogP contribution < -0.4 is 14.4 Å². The van der Waals surface area contributed by atoms with Crippen molar-refractivity contribution in [3.63, 3.8) is 0 Å². The highest BCUT2D eigenvalue weighted by molar-refractivity contribution is 7.92. The highest BCUT2D eigenvalue weighted by Gasteiger charge is 2.31. The number of amides is 1. The summed E-state index contributed by atoms with van der Waals surface area (Å²) in [6, 6.07) is 9.54. The van der Waals surface area contributed by atoms with Crippen molar-refractivity contribution >= 4 is 21.6 Å². The largest absolute Gasteiger partial charge is 0.497 e. The Labute approximate surface area is 167 Å². The molecule has 0 fully saturated rings. The number of methoxy groups -OCH3 is 1. The molecule has 0 saturated heterocycles. The molecule has 29 heavy (non-hydrogen) atoms. The SMILES string of the molecule is COc1ccc(N(C(C)C(=O)NCc2cccc(C(F)(F)F)c2)S(C)(=O)=O)cc1. The van der Waals surface area contributed by atoms with E-state index in [9.17, 15) is 26.4 Å². The fourth-order valence-corrected chi connectivity index (χ4v) is 3.91. The van der Waals surface area contributed by atoms with Gasteiger partial charge in [-0.05, 0) is 48.9 Å². The van der Waals surface area contributed by atoms with Crippen molar-refractivity contribution in [3.05, 3.63) is 59.7 Å². The first-order chi connectivity index (χ1) is 13.4. The molecule has 2 aromatic carbocycles. The zero-order valence-corrected chi connectivity index (χ0v) is 16.8. The molecule has 2 rings (SSSR count). The zero-order chi connectivity index (χ0) is 21.8. The minimum Gasteiger partial charge on any atom is -0.497 e. The van der Waals surface area contributed by atoms with Crippen molar-refractivity contribution in [3.8, 4) is 5.75 Å². The molecule has 0 bridgehead atoms. The van der Waals surface area contributed by atoms with Gasteiger partial charge in [0.2, 0.25) is 15.9 Å². The van der Waals surface area contributed by atoms with Crippen LogP contribution in [0, 0.1) is 0 Å². The molecule has 0 heterocycles. The van der Waals surface area contributed by atoms with Crippen LogP contribution >= 0.6 is 0 Å². The third-order valence-corrected chi connectivity index (χ3v) is 5.38. The Balaban J connectivity index is 2.17. The molecule has 0 radical (unpaired) electrons. The predicted octanol–water partition coefficient (Wildman–Crippen LogP) is 3.18. The highest BCUT2D eigenvalue weighted by Crippen LogP contribution is 2.29. The Morgan fingerprint density at radius 1 is 1.17 bits per heavy atom. The number of carbonyl (C=O) groups is 1.